The van der Waals surface area contributed by atoms with E-state index in [9.17, 15) is 14.7 Å². The van der Waals surface area contributed by atoms with Gasteiger partial charge in [0.15, 0.2) is 0 Å². The highest BCUT2D eigenvalue weighted by atomic mass is 35.5. The number of methoxy groups -OCH3 is 1. The van der Waals surface area contributed by atoms with Crippen molar-refractivity contribution < 1.29 is 24.2 Å². The summed E-state index contributed by atoms with van der Waals surface area (Å²) in [5, 5.41) is 11.7. The van der Waals surface area contributed by atoms with Crippen LogP contribution in [0.15, 0.2) is 78.4 Å². The molecule has 1 saturated heterocycles. The van der Waals surface area contributed by atoms with Crippen molar-refractivity contribution in [2.24, 2.45) is 0 Å². The number of ketones is 1. The normalized spacial score (nSPS) is 17.2. The number of aliphatic hydroxyl groups is 1. The van der Waals surface area contributed by atoms with Crippen LogP contribution in [0.3, 0.4) is 0 Å². The van der Waals surface area contributed by atoms with Gasteiger partial charge in [0.1, 0.15) is 17.3 Å². The molecule has 0 saturated carbocycles. The first kappa shape index (κ1) is 24.4. The van der Waals surface area contributed by atoms with Gasteiger partial charge in [-0.25, -0.2) is 0 Å². The lowest BCUT2D eigenvalue weighted by Crippen LogP contribution is -2.29. The van der Waals surface area contributed by atoms with Gasteiger partial charge in [-0.15, -0.1) is 0 Å². The van der Waals surface area contributed by atoms with Crippen molar-refractivity contribution in [2.45, 2.75) is 32.5 Å². The van der Waals surface area contributed by atoms with E-state index in [0.717, 1.165) is 5.56 Å². The highest BCUT2D eigenvalue weighted by Gasteiger charge is 2.46. The van der Waals surface area contributed by atoms with E-state index < -0.39 is 17.7 Å². The van der Waals surface area contributed by atoms with Crippen molar-refractivity contribution in [3.05, 3.63) is 100 Å². The summed E-state index contributed by atoms with van der Waals surface area (Å²) in [6, 6.07) is 20.2. The van der Waals surface area contributed by atoms with Gasteiger partial charge in [0.25, 0.3) is 11.7 Å². The molecule has 1 fully saturated rings. The fourth-order valence-electron chi connectivity index (χ4n) is 4.15. The van der Waals surface area contributed by atoms with Gasteiger partial charge in [-0.3, -0.25) is 9.59 Å². The van der Waals surface area contributed by atoms with Crippen LogP contribution in [0.1, 0.15) is 36.6 Å². The summed E-state index contributed by atoms with van der Waals surface area (Å²) in [6.45, 7) is 3.99. The Labute approximate surface area is 209 Å². The van der Waals surface area contributed by atoms with Crippen molar-refractivity contribution in [3.63, 3.8) is 0 Å². The molecule has 1 aliphatic heterocycles. The smallest absolute Gasteiger partial charge is 0.295 e. The molecule has 1 aliphatic rings. The summed E-state index contributed by atoms with van der Waals surface area (Å²) in [6.07, 6.45) is -0.0533. The minimum Gasteiger partial charge on any atom is -0.507 e. The second kappa shape index (κ2) is 10.2. The Morgan fingerprint density at radius 2 is 1.69 bits per heavy atom. The van der Waals surface area contributed by atoms with E-state index in [2.05, 4.69) is 0 Å². The zero-order valence-electron chi connectivity index (χ0n) is 19.7. The number of aliphatic hydroxyl groups excluding tert-OH is 1. The molecule has 0 bridgehead atoms. The van der Waals surface area contributed by atoms with Gasteiger partial charge in [0.2, 0.25) is 0 Å². The van der Waals surface area contributed by atoms with Crippen LogP contribution < -0.4 is 9.47 Å². The number of hydrogen-bond donors (Lipinski definition) is 1. The maximum absolute atomic E-state index is 13.3. The van der Waals surface area contributed by atoms with Gasteiger partial charge in [0.05, 0.1) is 24.8 Å². The molecule has 0 radical (unpaired) electrons. The Morgan fingerprint density at radius 3 is 2.37 bits per heavy atom. The van der Waals surface area contributed by atoms with E-state index in [0.29, 0.717) is 27.6 Å². The van der Waals surface area contributed by atoms with E-state index in [1.165, 1.54) is 4.90 Å². The summed E-state index contributed by atoms with van der Waals surface area (Å²) >= 11 is 6.00. The number of carbonyl (C=O) groups excluding carboxylic acids is 2. The Kier molecular flexibility index (Phi) is 7.12. The molecule has 1 N–H and O–H groups in total. The van der Waals surface area contributed by atoms with Crippen molar-refractivity contribution >= 4 is 29.1 Å². The van der Waals surface area contributed by atoms with Gasteiger partial charge in [-0.2, -0.15) is 0 Å². The minimum atomic E-state index is -0.812. The van der Waals surface area contributed by atoms with E-state index >= 15 is 0 Å². The molecule has 1 atom stereocenters. The van der Waals surface area contributed by atoms with Gasteiger partial charge in [-0.1, -0.05) is 35.9 Å². The van der Waals surface area contributed by atoms with Gasteiger partial charge in [0, 0.05) is 17.1 Å². The van der Waals surface area contributed by atoms with Crippen LogP contribution in [0.5, 0.6) is 11.5 Å². The third-order valence-electron chi connectivity index (χ3n) is 5.69. The van der Waals surface area contributed by atoms with E-state index in [-0.39, 0.29) is 24.0 Å². The number of nitrogens with zero attached hydrogens (tertiary/aromatic N) is 1. The number of halogens is 1. The molecule has 0 spiro atoms. The van der Waals surface area contributed by atoms with Crippen molar-refractivity contribution in [1.29, 1.82) is 0 Å². The number of carbonyl (C=O) groups is 2. The highest BCUT2D eigenvalue weighted by Crippen LogP contribution is 2.41. The largest absolute Gasteiger partial charge is 0.507 e. The quantitative estimate of drug-likeness (QED) is 0.258. The summed E-state index contributed by atoms with van der Waals surface area (Å²) in [4.78, 5) is 28.0. The van der Waals surface area contributed by atoms with Gasteiger partial charge >= 0.3 is 0 Å². The molecule has 7 heteroatoms. The maximum Gasteiger partial charge on any atom is 0.295 e. The number of benzene rings is 3. The molecule has 3 aromatic rings. The van der Waals surface area contributed by atoms with Crippen LogP contribution in [0, 0.1) is 0 Å². The Balaban J connectivity index is 1.85. The standard InChI is InChI=1S/C28H26ClNO5/c1-17(2)35-23-9-5-7-20(15-23)25-24(26(31)19-10-12-21(29)13-11-19)27(32)28(33)30(25)16-18-6-4-8-22(14-18)34-3/h4-15,17,25,31H,16H2,1-3H3/b26-24-. The average Bonchev–Trinajstić information content (AvgIpc) is 3.09. The molecule has 180 valence electrons. The minimum absolute atomic E-state index is 0.0157. The lowest BCUT2D eigenvalue weighted by molar-refractivity contribution is -0.140. The van der Waals surface area contributed by atoms with Gasteiger partial charge in [-0.05, 0) is 73.5 Å². The average molecular weight is 492 g/mol. The van der Waals surface area contributed by atoms with Crippen LogP contribution in [-0.2, 0) is 16.1 Å². The van der Waals surface area contributed by atoms with Gasteiger partial charge < -0.3 is 19.5 Å². The third-order valence-corrected chi connectivity index (χ3v) is 5.94. The van der Waals surface area contributed by atoms with Crippen LogP contribution >= 0.6 is 11.6 Å². The molecule has 1 amide bonds. The van der Waals surface area contributed by atoms with E-state index in [1.54, 1.807) is 43.5 Å². The van der Waals surface area contributed by atoms with Crippen LogP contribution in [-0.4, -0.2) is 34.9 Å². The SMILES string of the molecule is COc1cccc(CN2C(=O)C(=O)/C(=C(\O)c3ccc(Cl)cc3)C2c2cccc(OC(C)C)c2)c1. The van der Waals surface area contributed by atoms with Crippen LogP contribution in [0.4, 0.5) is 0 Å². The molecule has 35 heavy (non-hydrogen) atoms. The van der Waals surface area contributed by atoms with E-state index in [1.807, 2.05) is 50.2 Å². The molecular formula is C28H26ClNO5. The molecular weight excluding hydrogens is 466 g/mol. The molecule has 6 nitrogen and oxygen atoms in total. The van der Waals surface area contributed by atoms with Crippen LogP contribution in [0.2, 0.25) is 5.02 Å². The summed E-state index contributed by atoms with van der Waals surface area (Å²) < 4.78 is 11.2. The van der Waals surface area contributed by atoms with Crippen LogP contribution in [0.25, 0.3) is 5.76 Å². The topological polar surface area (TPSA) is 76.1 Å². The van der Waals surface area contributed by atoms with E-state index in [4.69, 9.17) is 21.1 Å². The second-order valence-electron chi connectivity index (χ2n) is 8.52. The number of Topliss-reactive ketones (excluding diaryl/α,β-unsaturated/α-hetero) is 1. The van der Waals surface area contributed by atoms with Crippen molar-refractivity contribution in [1.82, 2.24) is 4.90 Å². The lowest BCUT2D eigenvalue weighted by atomic mass is 9.95. The predicted octanol–water partition coefficient (Wildman–Crippen LogP) is 5.76. The number of ether oxygens (including phenoxy) is 2. The second-order valence-corrected chi connectivity index (χ2v) is 8.96. The third kappa shape index (κ3) is 5.17. The number of rotatable bonds is 7. The monoisotopic (exact) mass is 491 g/mol. The fourth-order valence-corrected chi connectivity index (χ4v) is 4.28. The zero-order chi connectivity index (χ0) is 25.1. The summed E-state index contributed by atoms with van der Waals surface area (Å²) in [5.41, 5.74) is 1.85. The molecule has 1 unspecified atom stereocenters. The molecule has 4 rings (SSSR count). The molecule has 1 heterocycles. The number of amides is 1. The lowest BCUT2D eigenvalue weighted by Gasteiger charge is -2.26. The Hall–Kier alpha value is -3.77. The Bertz CT molecular complexity index is 1280. The Morgan fingerprint density at radius 1 is 1.00 bits per heavy atom. The fraction of sp³-hybridized carbons (Fsp3) is 0.214. The zero-order valence-corrected chi connectivity index (χ0v) is 20.5. The number of likely N-dealkylation sites (tertiary alicyclic amines) is 1. The first-order valence-electron chi connectivity index (χ1n) is 11.2. The van der Waals surface area contributed by atoms with Crippen molar-refractivity contribution in [2.75, 3.05) is 7.11 Å². The summed E-state index contributed by atoms with van der Waals surface area (Å²) in [5.74, 6) is -0.447. The maximum atomic E-state index is 13.3. The molecule has 0 aromatic heterocycles. The molecule has 3 aromatic carbocycles. The van der Waals surface area contributed by atoms with Crippen molar-refractivity contribution in [3.8, 4) is 11.5 Å². The molecule has 0 aliphatic carbocycles. The highest BCUT2D eigenvalue weighted by molar-refractivity contribution is 6.46. The predicted molar refractivity (Wildman–Crippen MR) is 134 cm³/mol. The first-order valence-corrected chi connectivity index (χ1v) is 11.6. The number of hydrogen-bond acceptors (Lipinski definition) is 5. The summed E-state index contributed by atoms with van der Waals surface area (Å²) in [7, 11) is 1.57. The first-order chi connectivity index (χ1) is 16.8.